The van der Waals surface area contributed by atoms with E-state index in [1.54, 1.807) is 7.11 Å². The second-order valence-electron chi connectivity index (χ2n) is 5.74. The van der Waals surface area contributed by atoms with Crippen LogP contribution in [0.2, 0.25) is 0 Å². The van der Waals surface area contributed by atoms with Crippen molar-refractivity contribution >= 4 is 0 Å². The van der Waals surface area contributed by atoms with Crippen molar-refractivity contribution in [2.24, 2.45) is 5.92 Å². The zero-order chi connectivity index (χ0) is 13.9. The van der Waals surface area contributed by atoms with Crippen LogP contribution >= 0.6 is 0 Å². The number of rotatable bonds is 5. The van der Waals surface area contributed by atoms with Crippen LogP contribution < -0.4 is 5.32 Å². The molecule has 1 N–H and O–H groups in total. The summed E-state index contributed by atoms with van der Waals surface area (Å²) in [6.45, 7) is 8.44. The summed E-state index contributed by atoms with van der Waals surface area (Å²) in [6.07, 6.45) is 3.07. The number of piperidine rings is 1. The van der Waals surface area contributed by atoms with Crippen LogP contribution in [0.1, 0.15) is 57.9 Å². The maximum Gasteiger partial charge on any atom is 0.233 e. The van der Waals surface area contributed by atoms with E-state index in [0.29, 0.717) is 11.7 Å². The van der Waals surface area contributed by atoms with Crippen LogP contribution in [-0.2, 0) is 10.2 Å². The molecule has 1 aromatic heterocycles. The molecule has 0 radical (unpaired) electrons. The highest BCUT2D eigenvalue weighted by molar-refractivity contribution is 5.08. The Balaban J connectivity index is 2.23. The van der Waals surface area contributed by atoms with Gasteiger partial charge in [0.05, 0.1) is 5.41 Å². The smallest absolute Gasteiger partial charge is 0.233 e. The molecule has 0 aliphatic carbocycles. The first-order chi connectivity index (χ1) is 9.13. The molecule has 5 nitrogen and oxygen atoms in total. The normalized spacial score (nSPS) is 20.7. The summed E-state index contributed by atoms with van der Waals surface area (Å²) in [5.41, 5.74) is 0.0474. The van der Waals surface area contributed by atoms with Crippen LogP contribution in [0.15, 0.2) is 4.52 Å². The molecule has 0 aromatic carbocycles. The van der Waals surface area contributed by atoms with Crippen molar-refractivity contribution in [2.75, 3.05) is 20.2 Å². The fraction of sp³-hybridized carbons (Fsp3) is 0.857. The summed E-state index contributed by atoms with van der Waals surface area (Å²) in [4.78, 5) is 4.64. The Morgan fingerprint density at radius 1 is 1.37 bits per heavy atom. The van der Waals surface area contributed by atoms with Gasteiger partial charge in [0.15, 0.2) is 0 Å². The Bertz CT molecular complexity index is 397. The molecule has 108 valence electrons. The molecule has 0 amide bonds. The number of hydrogen-bond acceptors (Lipinski definition) is 5. The van der Waals surface area contributed by atoms with Crippen LogP contribution in [0, 0.1) is 5.92 Å². The molecular weight excluding hydrogens is 242 g/mol. The minimum absolute atomic E-state index is 0.0474. The molecule has 1 unspecified atom stereocenters. The lowest BCUT2D eigenvalue weighted by atomic mass is 9.76. The molecule has 1 aromatic rings. The Morgan fingerprint density at radius 3 is 2.58 bits per heavy atom. The number of nitrogens with zero attached hydrogens (tertiary/aromatic N) is 2. The van der Waals surface area contributed by atoms with Gasteiger partial charge in [-0.3, -0.25) is 0 Å². The van der Waals surface area contributed by atoms with Gasteiger partial charge in [0.1, 0.15) is 6.10 Å². The van der Waals surface area contributed by atoms with Crippen LogP contribution in [0.3, 0.4) is 0 Å². The fourth-order valence-electron chi connectivity index (χ4n) is 2.87. The molecule has 1 fully saturated rings. The molecule has 1 aliphatic heterocycles. The van der Waals surface area contributed by atoms with Gasteiger partial charge >= 0.3 is 0 Å². The lowest BCUT2D eigenvalue weighted by molar-refractivity contribution is 0.0555. The first kappa shape index (κ1) is 14.5. The number of methoxy groups -OCH3 is 1. The quantitative estimate of drug-likeness (QED) is 0.888. The minimum atomic E-state index is -0.0897. The van der Waals surface area contributed by atoms with Gasteiger partial charge in [-0.1, -0.05) is 25.9 Å². The van der Waals surface area contributed by atoms with E-state index >= 15 is 0 Å². The highest BCUT2D eigenvalue weighted by atomic mass is 16.5. The molecule has 0 spiro atoms. The van der Waals surface area contributed by atoms with Crippen molar-refractivity contribution in [3.8, 4) is 0 Å². The zero-order valence-corrected chi connectivity index (χ0v) is 12.4. The standard InChI is InChI=1S/C14H25N3O2/c1-5-14(6-8-15-9-7-14)13-16-12(17-19-13)11(18-4)10(2)3/h10-11,15H,5-9H2,1-4H3. The highest BCUT2D eigenvalue weighted by Crippen LogP contribution is 2.36. The van der Waals surface area contributed by atoms with E-state index in [-0.39, 0.29) is 11.5 Å². The van der Waals surface area contributed by atoms with E-state index in [9.17, 15) is 0 Å². The lowest BCUT2D eigenvalue weighted by Crippen LogP contribution is -2.39. The summed E-state index contributed by atoms with van der Waals surface area (Å²) >= 11 is 0. The monoisotopic (exact) mass is 267 g/mol. The molecule has 1 atom stereocenters. The average molecular weight is 267 g/mol. The van der Waals surface area contributed by atoms with Crippen molar-refractivity contribution in [2.45, 2.75) is 51.6 Å². The Kier molecular flexibility index (Phi) is 4.58. The number of nitrogens with one attached hydrogen (secondary N) is 1. The molecule has 0 bridgehead atoms. The van der Waals surface area contributed by atoms with Gasteiger partial charge in [0, 0.05) is 7.11 Å². The molecule has 1 saturated heterocycles. The van der Waals surface area contributed by atoms with Gasteiger partial charge < -0.3 is 14.6 Å². The number of aromatic nitrogens is 2. The molecular formula is C14H25N3O2. The predicted molar refractivity (Wildman–Crippen MR) is 73.0 cm³/mol. The highest BCUT2D eigenvalue weighted by Gasteiger charge is 2.38. The SMILES string of the molecule is CCC1(c2nc(C(OC)C(C)C)no2)CCNCC1. The minimum Gasteiger partial charge on any atom is -0.373 e. The Labute approximate surface area is 115 Å². The van der Waals surface area contributed by atoms with Crippen LogP contribution in [0.4, 0.5) is 0 Å². The van der Waals surface area contributed by atoms with Gasteiger partial charge in [-0.2, -0.15) is 4.98 Å². The first-order valence-electron chi connectivity index (χ1n) is 7.20. The van der Waals surface area contributed by atoms with E-state index in [2.05, 4.69) is 36.2 Å². The second kappa shape index (κ2) is 6.01. The largest absolute Gasteiger partial charge is 0.373 e. The van der Waals surface area contributed by atoms with Crippen LogP contribution in [-0.4, -0.2) is 30.3 Å². The third-order valence-corrected chi connectivity index (χ3v) is 4.25. The Hall–Kier alpha value is -0.940. The van der Waals surface area contributed by atoms with Crippen LogP contribution in [0.5, 0.6) is 0 Å². The van der Waals surface area contributed by atoms with Crippen molar-refractivity contribution in [3.63, 3.8) is 0 Å². The molecule has 2 rings (SSSR count). The van der Waals surface area contributed by atoms with Crippen molar-refractivity contribution in [1.29, 1.82) is 0 Å². The summed E-state index contributed by atoms with van der Waals surface area (Å²) < 4.78 is 11.0. The predicted octanol–water partition coefficient (Wildman–Crippen LogP) is 2.44. The van der Waals surface area contributed by atoms with E-state index in [0.717, 1.165) is 38.2 Å². The molecule has 5 heteroatoms. The number of ether oxygens (including phenoxy) is 1. The van der Waals surface area contributed by atoms with E-state index in [1.807, 2.05) is 0 Å². The summed E-state index contributed by atoms with van der Waals surface area (Å²) in [5.74, 6) is 1.80. The summed E-state index contributed by atoms with van der Waals surface area (Å²) in [5, 5.41) is 7.53. The topological polar surface area (TPSA) is 60.2 Å². The van der Waals surface area contributed by atoms with E-state index < -0.39 is 0 Å². The molecule has 0 saturated carbocycles. The van der Waals surface area contributed by atoms with Gasteiger partial charge in [-0.25, -0.2) is 0 Å². The maximum absolute atomic E-state index is 5.56. The zero-order valence-electron chi connectivity index (χ0n) is 12.4. The number of hydrogen-bond donors (Lipinski definition) is 1. The lowest BCUT2D eigenvalue weighted by Gasteiger charge is -2.33. The van der Waals surface area contributed by atoms with Crippen molar-refractivity contribution in [1.82, 2.24) is 15.5 Å². The van der Waals surface area contributed by atoms with E-state index in [1.165, 1.54) is 0 Å². The maximum atomic E-state index is 5.56. The van der Waals surface area contributed by atoms with Crippen molar-refractivity contribution in [3.05, 3.63) is 11.7 Å². The van der Waals surface area contributed by atoms with Crippen molar-refractivity contribution < 1.29 is 9.26 Å². The van der Waals surface area contributed by atoms with Gasteiger partial charge in [-0.05, 0) is 38.3 Å². The third kappa shape index (κ3) is 2.82. The fourth-order valence-corrected chi connectivity index (χ4v) is 2.87. The third-order valence-electron chi connectivity index (χ3n) is 4.25. The first-order valence-corrected chi connectivity index (χ1v) is 7.20. The second-order valence-corrected chi connectivity index (χ2v) is 5.74. The average Bonchev–Trinajstić information content (AvgIpc) is 2.90. The summed E-state index contributed by atoms with van der Waals surface area (Å²) in [6, 6.07) is 0. The van der Waals surface area contributed by atoms with Gasteiger partial charge in [0.25, 0.3) is 0 Å². The van der Waals surface area contributed by atoms with Gasteiger partial charge in [0.2, 0.25) is 11.7 Å². The molecule has 1 aliphatic rings. The van der Waals surface area contributed by atoms with Gasteiger partial charge in [-0.15, -0.1) is 0 Å². The Morgan fingerprint density at radius 2 is 2.05 bits per heavy atom. The summed E-state index contributed by atoms with van der Waals surface area (Å²) in [7, 11) is 1.70. The molecule has 19 heavy (non-hydrogen) atoms. The van der Waals surface area contributed by atoms with E-state index in [4.69, 9.17) is 9.26 Å². The van der Waals surface area contributed by atoms with Crippen LogP contribution in [0.25, 0.3) is 0 Å². The molecule has 2 heterocycles.